The van der Waals surface area contributed by atoms with Crippen LogP contribution in [0.4, 0.5) is 5.13 Å². The second kappa shape index (κ2) is 6.69. The topological polar surface area (TPSA) is 64.7 Å². The smallest absolute Gasteiger partial charge is 0.330 e. The highest BCUT2D eigenvalue weighted by molar-refractivity contribution is 7.22. The van der Waals surface area contributed by atoms with Gasteiger partial charge in [-0.3, -0.25) is 9.13 Å². The van der Waals surface area contributed by atoms with E-state index < -0.39 is 0 Å². The van der Waals surface area contributed by atoms with Gasteiger partial charge in [0.05, 0.1) is 15.7 Å². The number of nitrogens with one attached hydrogen (secondary N) is 1. The molecule has 0 spiro atoms. The number of hydrogen-bond donors (Lipinski definition) is 1. The molecule has 4 aromatic rings. The van der Waals surface area contributed by atoms with Crippen molar-refractivity contribution >= 4 is 37.8 Å². The lowest BCUT2D eigenvalue weighted by atomic mass is 9.86. The minimum Gasteiger partial charge on any atom is -0.359 e. The molecule has 0 aliphatic heterocycles. The number of fused-ring (bicyclic) bond motifs is 2. The standard InChI is InChI=1S/C22H23N5OS/c28-22-26(15-6-1-2-7-15)18-9-5-11-23-20(18)27(22)16-12-14(13-16)24-21-25-17-8-3-4-10-19(17)29-21/h3-5,8-11,14-16H,1-2,6-7,12-13H2,(H,24,25). The Kier molecular flexibility index (Phi) is 3.97. The average Bonchev–Trinajstić information content (AvgIpc) is 3.41. The minimum absolute atomic E-state index is 0.119. The van der Waals surface area contributed by atoms with Crippen molar-refractivity contribution in [1.29, 1.82) is 0 Å². The van der Waals surface area contributed by atoms with Gasteiger partial charge in [0, 0.05) is 24.3 Å². The van der Waals surface area contributed by atoms with Crippen LogP contribution in [0.1, 0.15) is 50.6 Å². The van der Waals surface area contributed by atoms with Crippen molar-refractivity contribution < 1.29 is 0 Å². The van der Waals surface area contributed by atoms with Gasteiger partial charge in [-0.25, -0.2) is 14.8 Å². The zero-order valence-corrected chi connectivity index (χ0v) is 16.9. The highest BCUT2D eigenvalue weighted by atomic mass is 32.1. The number of hydrogen-bond acceptors (Lipinski definition) is 5. The fourth-order valence-corrected chi connectivity index (χ4v) is 5.88. The summed E-state index contributed by atoms with van der Waals surface area (Å²) in [7, 11) is 0. The molecule has 0 radical (unpaired) electrons. The largest absolute Gasteiger partial charge is 0.359 e. The van der Waals surface area contributed by atoms with Crippen molar-refractivity contribution in [1.82, 2.24) is 19.1 Å². The highest BCUT2D eigenvalue weighted by Crippen LogP contribution is 2.38. The molecule has 29 heavy (non-hydrogen) atoms. The third kappa shape index (κ3) is 2.79. The van der Waals surface area contributed by atoms with E-state index in [2.05, 4.69) is 21.4 Å². The van der Waals surface area contributed by atoms with Crippen LogP contribution in [-0.2, 0) is 0 Å². The second-order valence-electron chi connectivity index (χ2n) is 8.26. The summed E-state index contributed by atoms with van der Waals surface area (Å²) in [6.07, 6.45) is 8.27. The molecule has 0 amide bonds. The lowest BCUT2D eigenvalue weighted by molar-refractivity contribution is 0.278. The van der Waals surface area contributed by atoms with Crippen LogP contribution in [-0.4, -0.2) is 25.1 Å². The van der Waals surface area contributed by atoms with Gasteiger partial charge in [-0.1, -0.05) is 36.3 Å². The normalized spacial score (nSPS) is 22.3. The van der Waals surface area contributed by atoms with Crippen LogP contribution in [0.3, 0.4) is 0 Å². The van der Waals surface area contributed by atoms with Crippen molar-refractivity contribution in [3.63, 3.8) is 0 Å². The summed E-state index contributed by atoms with van der Waals surface area (Å²) in [4.78, 5) is 22.6. The summed E-state index contributed by atoms with van der Waals surface area (Å²) in [5.41, 5.74) is 2.99. The van der Waals surface area contributed by atoms with Crippen LogP contribution in [0.2, 0.25) is 0 Å². The van der Waals surface area contributed by atoms with Gasteiger partial charge < -0.3 is 5.32 Å². The van der Waals surface area contributed by atoms with Gasteiger partial charge in [-0.2, -0.15) is 0 Å². The number of imidazole rings is 1. The molecule has 0 bridgehead atoms. The molecule has 2 aliphatic rings. The van der Waals surface area contributed by atoms with Gasteiger partial charge in [-0.05, 0) is 49.9 Å². The predicted molar refractivity (Wildman–Crippen MR) is 117 cm³/mol. The maximum absolute atomic E-state index is 13.3. The Labute approximate surface area is 172 Å². The van der Waals surface area contributed by atoms with Crippen LogP contribution in [0.15, 0.2) is 47.4 Å². The van der Waals surface area contributed by atoms with Gasteiger partial charge in [-0.15, -0.1) is 0 Å². The number of nitrogens with zero attached hydrogens (tertiary/aromatic N) is 4. The van der Waals surface area contributed by atoms with Crippen LogP contribution in [0, 0.1) is 0 Å². The first-order chi connectivity index (χ1) is 14.3. The average molecular weight is 406 g/mol. The van der Waals surface area contributed by atoms with Gasteiger partial charge in [0.25, 0.3) is 0 Å². The van der Waals surface area contributed by atoms with Gasteiger partial charge in [0.1, 0.15) is 0 Å². The first-order valence-electron chi connectivity index (χ1n) is 10.5. The Morgan fingerprint density at radius 3 is 2.66 bits per heavy atom. The van der Waals surface area contributed by atoms with Crippen molar-refractivity contribution in [2.75, 3.05) is 5.32 Å². The van der Waals surface area contributed by atoms with Gasteiger partial charge in [0.15, 0.2) is 10.8 Å². The summed E-state index contributed by atoms with van der Waals surface area (Å²) in [6.45, 7) is 0. The molecule has 148 valence electrons. The third-order valence-corrected chi connectivity index (χ3v) is 7.42. The number of rotatable bonds is 4. The zero-order valence-electron chi connectivity index (χ0n) is 16.1. The van der Waals surface area contributed by atoms with Crippen molar-refractivity contribution in [3.05, 3.63) is 53.1 Å². The molecule has 2 saturated carbocycles. The molecule has 6 rings (SSSR count). The minimum atomic E-state index is 0.119. The van der Waals surface area contributed by atoms with Crippen LogP contribution >= 0.6 is 11.3 Å². The van der Waals surface area contributed by atoms with Gasteiger partial charge >= 0.3 is 5.69 Å². The lowest BCUT2D eigenvalue weighted by Crippen LogP contribution is -2.41. The summed E-state index contributed by atoms with van der Waals surface area (Å²) < 4.78 is 5.17. The zero-order chi connectivity index (χ0) is 19.4. The molecular weight excluding hydrogens is 382 g/mol. The Hall–Kier alpha value is -2.67. The Morgan fingerprint density at radius 1 is 1.00 bits per heavy atom. The molecule has 6 nitrogen and oxygen atoms in total. The molecule has 1 N–H and O–H groups in total. The van der Waals surface area contributed by atoms with Crippen molar-refractivity contribution in [2.24, 2.45) is 0 Å². The predicted octanol–water partition coefficient (Wildman–Crippen LogP) is 4.74. The number of para-hydroxylation sites is 1. The molecule has 7 heteroatoms. The molecule has 1 aromatic carbocycles. The molecule has 0 saturated heterocycles. The van der Waals surface area contributed by atoms with E-state index in [4.69, 9.17) is 0 Å². The van der Waals surface area contributed by atoms with E-state index >= 15 is 0 Å². The van der Waals surface area contributed by atoms with E-state index in [-0.39, 0.29) is 11.7 Å². The Morgan fingerprint density at radius 2 is 1.83 bits per heavy atom. The maximum Gasteiger partial charge on any atom is 0.330 e. The number of thiazole rings is 1. The summed E-state index contributed by atoms with van der Waals surface area (Å²) in [6, 6.07) is 13.1. The maximum atomic E-state index is 13.3. The molecule has 0 atom stereocenters. The van der Waals surface area contributed by atoms with Crippen LogP contribution in [0.5, 0.6) is 0 Å². The lowest BCUT2D eigenvalue weighted by Gasteiger charge is -2.36. The molecule has 0 unspecified atom stereocenters. The first-order valence-corrected chi connectivity index (χ1v) is 11.3. The highest BCUT2D eigenvalue weighted by Gasteiger charge is 2.35. The molecule has 3 heterocycles. The van der Waals surface area contributed by atoms with Gasteiger partial charge in [0.2, 0.25) is 0 Å². The number of benzene rings is 1. The number of aromatic nitrogens is 4. The monoisotopic (exact) mass is 405 g/mol. The van der Waals surface area contributed by atoms with E-state index in [1.807, 2.05) is 39.5 Å². The van der Waals surface area contributed by atoms with Crippen molar-refractivity contribution in [3.8, 4) is 0 Å². The van der Waals surface area contributed by atoms with Crippen LogP contribution < -0.4 is 11.0 Å². The van der Waals surface area contributed by atoms with E-state index in [1.165, 1.54) is 17.5 Å². The summed E-state index contributed by atoms with van der Waals surface area (Å²) in [5, 5.41) is 4.53. The Bertz CT molecular complexity index is 1210. The second-order valence-corrected chi connectivity index (χ2v) is 9.29. The van der Waals surface area contributed by atoms with Crippen LogP contribution in [0.25, 0.3) is 21.4 Å². The Balaban J connectivity index is 1.26. The van der Waals surface area contributed by atoms with E-state index in [0.717, 1.165) is 47.5 Å². The number of anilines is 1. The quantitative estimate of drug-likeness (QED) is 0.533. The number of pyridine rings is 1. The van der Waals surface area contributed by atoms with E-state index in [9.17, 15) is 4.79 Å². The van der Waals surface area contributed by atoms with E-state index in [0.29, 0.717) is 12.1 Å². The molecule has 2 aliphatic carbocycles. The fourth-order valence-electron chi connectivity index (χ4n) is 4.94. The summed E-state index contributed by atoms with van der Waals surface area (Å²) >= 11 is 1.69. The fraction of sp³-hybridized carbons (Fsp3) is 0.409. The molecule has 3 aromatic heterocycles. The SMILES string of the molecule is O=c1n(C2CCCC2)c2cccnc2n1C1CC(Nc2nc3ccccc3s2)C1. The van der Waals surface area contributed by atoms with E-state index in [1.54, 1.807) is 17.5 Å². The molecule has 2 fully saturated rings. The third-order valence-electron chi connectivity index (χ3n) is 6.46. The van der Waals surface area contributed by atoms with Crippen molar-refractivity contribution in [2.45, 2.75) is 56.7 Å². The first kappa shape index (κ1) is 17.2. The molecular formula is C22H23N5OS. The summed E-state index contributed by atoms with van der Waals surface area (Å²) in [5.74, 6) is 0.